The van der Waals surface area contributed by atoms with Crippen LogP contribution in [0.4, 0.5) is 0 Å². The highest BCUT2D eigenvalue weighted by Gasteiger charge is 1.90. The summed E-state index contributed by atoms with van der Waals surface area (Å²) in [6.45, 7) is 3.88. The van der Waals surface area contributed by atoms with Crippen LogP contribution < -0.4 is 5.59 Å². The van der Waals surface area contributed by atoms with E-state index in [1.807, 2.05) is 27.8 Å². The van der Waals surface area contributed by atoms with Crippen LogP contribution in [-0.4, -0.2) is 17.8 Å². The molecule has 0 bridgehead atoms. The molecule has 0 aliphatic heterocycles. The molecular weight excluding hydrogens is 111 g/mol. The Balaban J connectivity index is 3.17. The molecule has 46 valence electrons. The second-order valence-corrected chi connectivity index (χ2v) is 2.20. The monoisotopic (exact) mass is 120 g/mol. The summed E-state index contributed by atoms with van der Waals surface area (Å²) in [5.74, 6) is 0.854. The SMILES string of the molecule is Bc1cc(C)nc(C)n1. The van der Waals surface area contributed by atoms with Crippen molar-refractivity contribution in [1.29, 1.82) is 0 Å². The molecule has 1 aromatic rings. The number of aryl methyl sites for hydroxylation is 2. The molecule has 0 fully saturated rings. The lowest BCUT2D eigenvalue weighted by atomic mass is 10.0. The number of hydrogen-bond acceptors (Lipinski definition) is 2. The van der Waals surface area contributed by atoms with Crippen LogP contribution in [0.5, 0.6) is 0 Å². The molecule has 1 rings (SSSR count). The maximum absolute atomic E-state index is 4.12. The van der Waals surface area contributed by atoms with Crippen molar-refractivity contribution in [2.24, 2.45) is 0 Å². The summed E-state index contributed by atoms with van der Waals surface area (Å²) in [6.07, 6.45) is 0. The summed E-state index contributed by atoms with van der Waals surface area (Å²) in [4.78, 5) is 8.25. The molecule has 0 saturated carbocycles. The van der Waals surface area contributed by atoms with Crippen molar-refractivity contribution < 1.29 is 0 Å². The van der Waals surface area contributed by atoms with E-state index in [1.54, 1.807) is 0 Å². The third-order valence-corrected chi connectivity index (χ3v) is 1.09. The lowest BCUT2D eigenvalue weighted by molar-refractivity contribution is 1.03. The maximum Gasteiger partial charge on any atom is 0.164 e. The van der Waals surface area contributed by atoms with Gasteiger partial charge in [-0.1, -0.05) is 0 Å². The van der Waals surface area contributed by atoms with Crippen LogP contribution in [0.25, 0.3) is 0 Å². The predicted octanol–water partition coefficient (Wildman–Crippen LogP) is -0.648. The van der Waals surface area contributed by atoms with Crippen LogP contribution >= 0.6 is 0 Å². The van der Waals surface area contributed by atoms with Gasteiger partial charge in [-0.05, 0) is 25.5 Å². The van der Waals surface area contributed by atoms with Gasteiger partial charge in [-0.2, -0.15) is 0 Å². The van der Waals surface area contributed by atoms with Gasteiger partial charge >= 0.3 is 0 Å². The molecule has 0 aliphatic rings. The lowest BCUT2D eigenvalue weighted by Crippen LogP contribution is -2.11. The Morgan fingerprint density at radius 1 is 1.33 bits per heavy atom. The maximum atomic E-state index is 4.12. The molecule has 9 heavy (non-hydrogen) atoms. The topological polar surface area (TPSA) is 25.8 Å². The molecule has 0 saturated heterocycles. The predicted molar refractivity (Wildman–Crippen MR) is 39.7 cm³/mol. The Kier molecular flexibility index (Phi) is 1.51. The van der Waals surface area contributed by atoms with Crippen molar-refractivity contribution in [3.05, 3.63) is 17.6 Å². The van der Waals surface area contributed by atoms with Gasteiger partial charge in [0.2, 0.25) is 0 Å². The fraction of sp³-hybridized carbons (Fsp3) is 0.333. The average molecular weight is 120 g/mol. The van der Waals surface area contributed by atoms with Gasteiger partial charge in [0.25, 0.3) is 0 Å². The molecule has 1 heterocycles. The normalized spacial score (nSPS) is 9.56. The highest BCUT2D eigenvalue weighted by atomic mass is 14.9. The molecular formula is C6H9BN2. The zero-order valence-electron chi connectivity index (χ0n) is 5.97. The first-order valence-corrected chi connectivity index (χ1v) is 2.97. The number of nitrogens with zero attached hydrogens (tertiary/aromatic N) is 2. The van der Waals surface area contributed by atoms with Gasteiger partial charge in [0.15, 0.2) is 7.85 Å². The van der Waals surface area contributed by atoms with E-state index < -0.39 is 0 Å². The quantitative estimate of drug-likeness (QED) is 0.425. The van der Waals surface area contributed by atoms with Crippen LogP contribution in [0.3, 0.4) is 0 Å². The lowest BCUT2D eigenvalue weighted by Gasteiger charge is -1.95. The van der Waals surface area contributed by atoms with Crippen molar-refractivity contribution >= 4 is 13.4 Å². The van der Waals surface area contributed by atoms with Gasteiger partial charge in [-0.25, -0.2) is 9.97 Å². The molecule has 0 N–H and O–H groups in total. The van der Waals surface area contributed by atoms with Gasteiger partial charge in [-0.15, -0.1) is 0 Å². The van der Waals surface area contributed by atoms with E-state index in [0.29, 0.717) is 0 Å². The van der Waals surface area contributed by atoms with Gasteiger partial charge in [0, 0.05) is 5.69 Å². The second-order valence-electron chi connectivity index (χ2n) is 2.20. The molecule has 2 nitrogen and oxygen atoms in total. The molecule has 0 aromatic carbocycles. The van der Waals surface area contributed by atoms with E-state index in [2.05, 4.69) is 9.97 Å². The van der Waals surface area contributed by atoms with Crippen LogP contribution in [0.1, 0.15) is 11.5 Å². The van der Waals surface area contributed by atoms with Crippen molar-refractivity contribution in [1.82, 2.24) is 9.97 Å². The summed E-state index contributed by atoms with van der Waals surface area (Å²) in [7, 11) is 1.97. The summed E-state index contributed by atoms with van der Waals surface area (Å²) < 4.78 is 0. The van der Waals surface area contributed by atoms with Gasteiger partial charge in [0.1, 0.15) is 5.82 Å². The Morgan fingerprint density at radius 3 is 2.44 bits per heavy atom. The minimum Gasteiger partial charge on any atom is -0.249 e. The number of hydrogen-bond donors (Lipinski definition) is 0. The van der Waals surface area contributed by atoms with E-state index in [4.69, 9.17) is 0 Å². The first-order valence-electron chi connectivity index (χ1n) is 2.97. The highest BCUT2D eigenvalue weighted by Crippen LogP contribution is 1.86. The third kappa shape index (κ3) is 1.52. The van der Waals surface area contributed by atoms with Crippen molar-refractivity contribution in [3.8, 4) is 0 Å². The van der Waals surface area contributed by atoms with Crippen molar-refractivity contribution in [2.45, 2.75) is 13.8 Å². The Bertz CT molecular complexity index is 172. The van der Waals surface area contributed by atoms with Gasteiger partial charge in [-0.3, -0.25) is 0 Å². The minimum atomic E-state index is 0.854. The molecule has 0 aliphatic carbocycles. The molecule has 0 atom stereocenters. The Morgan fingerprint density at radius 2 is 2.00 bits per heavy atom. The van der Waals surface area contributed by atoms with E-state index in [-0.39, 0.29) is 0 Å². The van der Waals surface area contributed by atoms with Gasteiger partial charge in [0.05, 0.1) is 0 Å². The molecule has 3 heteroatoms. The second kappa shape index (κ2) is 2.17. The van der Waals surface area contributed by atoms with Crippen LogP contribution in [0, 0.1) is 13.8 Å². The fourth-order valence-electron chi connectivity index (χ4n) is 0.902. The van der Waals surface area contributed by atoms with Gasteiger partial charge < -0.3 is 0 Å². The number of aromatic nitrogens is 2. The first kappa shape index (κ1) is 6.27. The van der Waals surface area contributed by atoms with Crippen LogP contribution in [-0.2, 0) is 0 Å². The minimum absolute atomic E-state index is 0.854. The highest BCUT2D eigenvalue weighted by molar-refractivity contribution is 6.30. The molecule has 0 unspecified atom stereocenters. The summed E-state index contributed by atoms with van der Waals surface area (Å²) in [6, 6.07) is 1.97. The largest absolute Gasteiger partial charge is 0.249 e. The molecule has 0 radical (unpaired) electrons. The zero-order chi connectivity index (χ0) is 6.85. The first-order chi connectivity index (χ1) is 4.18. The smallest absolute Gasteiger partial charge is 0.164 e. The standard InChI is InChI=1S/C6H9BN2/c1-4-3-6(7)9-5(2)8-4/h3H,7H2,1-2H3. The summed E-state index contributed by atoms with van der Waals surface area (Å²) in [5, 5.41) is 0. The average Bonchev–Trinajstić information content (AvgIpc) is 1.59. The van der Waals surface area contributed by atoms with E-state index in [9.17, 15) is 0 Å². The van der Waals surface area contributed by atoms with E-state index in [1.165, 1.54) is 0 Å². The van der Waals surface area contributed by atoms with Crippen LogP contribution in [0.15, 0.2) is 6.07 Å². The molecule has 0 amide bonds. The summed E-state index contributed by atoms with van der Waals surface area (Å²) >= 11 is 0. The summed E-state index contributed by atoms with van der Waals surface area (Å²) in [5.41, 5.74) is 2.08. The third-order valence-electron chi connectivity index (χ3n) is 1.09. The van der Waals surface area contributed by atoms with Crippen LogP contribution in [0.2, 0.25) is 0 Å². The zero-order valence-corrected chi connectivity index (χ0v) is 5.97. The number of rotatable bonds is 0. The molecule has 0 spiro atoms. The van der Waals surface area contributed by atoms with Crippen molar-refractivity contribution in [2.75, 3.05) is 0 Å². The van der Waals surface area contributed by atoms with Crippen molar-refractivity contribution in [3.63, 3.8) is 0 Å². The van der Waals surface area contributed by atoms with E-state index >= 15 is 0 Å². The van der Waals surface area contributed by atoms with E-state index in [0.717, 1.165) is 17.1 Å². The Labute approximate surface area is 55.8 Å². The molecule has 1 aromatic heterocycles. The Hall–Kier alpha value is -0.855. The fourth-order valence-corrected chi connectivity index (χ4v) is 0.902.